The van der Waals surface area contributed by atoms with E-state index in [1.165, 1.54) is 12.8 Å². The third kappa shape index (κ3) is 6.11. The molecule has 1 saturated carbocycles. The fourth-order valence-electron chi connectivity index (χ4n) is 1.46. The van der Waals surface area contributed by atoms with Gasteiger partial charge < -0.3 is 20.6 Å². The Kier molecular flexibility index (Phi) is 6.01. The summed E-state index contributed by atoms with van der Waals surface area (Å²) in [7, 11) is 0. The summed E-state index contributed by atoms with van der Waals surface area (Å²) >= 11 is 0. The van der Waals surface area contributed by atoms with Crippen LogP contribution in [0, 0.1) is 12.3 Å². The minimum atomic E-state index is -1.07. The van der Waals surface area contributed by atoms with Crippen molar-refractivity contribution in [2.45, 2.75) is 25.3 Å². The van der Waals surface area contributed by atoms with E-state index >= 15 is 0 Å². The number of carboxylic acid groups (broad SMARTS) is 1. The van der Waals surface area contributed by atoms with Crippen molar-refractivity contribution in [3.8, 4) is 12.3 Å². The van der Waals surface area contributed by atoms with Crippen LogP contribution in [0.1, 0.15) is 19.3 Å². The van der Waals surface area contributed by atoms with Crippen LogP contribution in [0.2, 0.25) is 0 Å². The van der Waals surface area contributed by atoms with Crippen molar-refractivity contribution < 1.29 is 14.7 Å². The fourth-order valence-corrected chi connectivity index (χ4v) is 1.46. The summed E-state index contributed by atoms with van der Waals surface area (Å²) in [6.45, 7) is 0.993. The van der Waals surface area contributed by atoms with Crippen molar-refractivity contribution in [2.24, 2.45) is 0 Å². The quantitative estimate of drug-likeness (QED) is 0.415. The van der Waals surface area contributed by atoms with Crippen LogP contribution in [0.15, 0.2) is 0 Å². The highest BCUT2D eigenvalue weighted by atomic mass is 16.4. The molecule has 0 aromatic carbocycles. The molecule has 6 nitrogen and oxygen atoms in total. The van der Waals surface area contributed by atoms with E-state index in [-0.39, 0.29) is 13.1 Å². The van der Waals surface area contributed by atoms with Gasteiger partial charge in [-0.1, -0.05) is 5.92 Å². The third-order valence-corrected chi connectivity index (χ3v) is 2.54. The highest BCUT2D eigenvalue weighted by Crippen LogP contribution is 2.18. The predicted molar refractivity (Wildman–Crippen MR) is 67.1 cm³/mol. The number of amides is 2. The van der Waals surface area contributed by atoms with E-state index in [0.717, 1.165) is 17.9 Å². The predicted octanol–water partition coefficient (Wildman–Crippen LogP) is -0.142. The van der Waals surface area contributed by atoms with Gasteiger partial charge in [-0.3, -0.25) is 4.79 Å². The second kappa shape index (κ2) is 7.56. The molecule has 0 saturated heterocycles. The lowest BCUT2D eigenvalue weighted by atomic mass is 10.4. The van der Waals surface area contributed by atoms with Crippen LogP contribution >= 0.6 is 0 Å². The minimum absolute atomic E-state index is 0.00153. The van der Waals surface area contributed by atoms with Crippen LogP contribution in [0.4, 0.5) is 4.79 Å². The van der Waals surface area contributed by atoms with Gasteiger partial charge in [0.2, 0.25) is 0 Å². The Hall–Kier alpha value is -1.74. The Bertz CT molecular complexity index is 334. The summed E-state index contributed by atoms with van der Waals surface area (Å²) in [4.78, 5) is 23.3. The van der Waals surface area contributed by atoms with Crippen molar-refractivity contribution in [3.63, 3.8) is 0 Å². The fraction of sp³-hybridized carbons (Fsp3) is 0.667. The van der Waals surface area contributed by atoms with Gasteiger partial charge in [0.25, 0.3) is 0 Å². The van der Waals surface area contributed by atoms with Gasteiger partial charge in [0.1, 0.15) is 6.54 Å². The molecule has 0 bridgehead atoms. The van der Waals surface area contributed by atoms with Gasteiger partial charge in [-0.2, -0.15) is 0 Å². The molecule has 18 heavy (non-hydrogen) atoms. The maximum atomic E-state index is 11.6. The van der Waals surface area contributed by atoms with Crippen LogP contribution < -0.4 is 10.6 Å². The van der Waals surface area contributed by atoms with Crippen molar-refractivity contribution >= 4 is 12.0 Å². The number of carboxylic acids is 1. The zero-order chi connectivity index (χ0) is 13.4. The number of carbonyl (C=O) groups is 2. The molecule has 0 radical (unpaired) electrons. The lowest BCUT2D eigenvalue weighted by molar-refractivity contribution is -0.137. The molecular weight excluding hydrogens is 234 g/mol. The van der Waals surface area contributed by atoms with E-state index < -0.39 is 12.0 Å². The van der Waals surface area contributed by atoms with Crippen molar-refractivity contribution in [1.29, 1.82) is 0 Å². The van der Waals surface area contributed by atoms with E-state index in [0.29, 0.717) is 12.6 Å². The van der Waals surface area contributed by atoms with Gasteiger partial charge in [0.15, 0.2) is 0 Å². The molecule has 3 N–H and O–H groups in total. The summed E-state index contributed by atoms with van der Waals surface area (Å²) in [6.07, 6.45) is 8.38. The molecule has 1 rings (SSSR count). The number of aliphatic carboxylic acids is 1. The summed E-state index contributed by atoms with van der Waals surface area (Å²) in [5, 5.41) is 14.6. The Labute approximate surface area is 107 Å². The Morgan fingerprint density at radius 1 is 1.39 bits per heavy atom. The lowest BCUT2D eigenvalue weighted by Crippen LogP contribution is -2.43. The Balaban J connectivity index is 2.14. The average molecular weight is 253 g/mol. The minimum Gasteiger partial charge on any atom is -0.480 e. The maximum absolute atomic E-state index is 11.6. The number of rotatable bonds is 8. The molecule has 1 aliphatic carbocycles. The molecule has 1 aliphatic rings. The van der Waals surface area contributed by atoms with Gasteiger partial charge in [0.05, 0.1) is 6.54 Å². The zero-order valence-electron chi connectivity index (χ0n) is 10.3. The normalized spacial score (nSPS) is 13.7. The molecule has 0 aromatic rings. The van der Waals surface area contributed by atoms with Gasteiger partial charge in [0, 0.05) is 12.6 Å². The molecule has 0 heterocycles. The van der Waals surface area contributed by atoms with Gasteiger partial charge in [-0.15, -0.1) is 6.42 Å². The van der Waals surface area contributed by atoms with Crippen LogP contribution in [-0.4, -0.2) is 54.2 Å². The van der Waals surface area contributed by atoms with Crippen LogP contribution in [-0.2, 0) is 4.79 Å². The topological polar surface area (TPSA) is 81.7 Å². The zero-order valence-corrected chi connectivity index (χ0v) is 10.3. The molecular formula is C12H19N3O3. The highest BCUT2D eigenvalue weighted by molar-refractivity contribution is 5.80. The summed E-state index contributed by atoms with van der Waals surface area (Å²) in [6, 6.07) is 0.229. The molecule has 0 atom stereocenters. The molecule has 0 spiro atoms. The standard InChI is InChI=1S/C12H19N3O3/c1-2-8-15(9-11(16)17)12(18)14-7-3-6-13-10-4-5-10/h1,10,13H,3-9H2,(H,14,18)(H,16,17). The number of hydrogen-bond acceptors (Lipinski definition) is 3. The number of nitrogens with zero attached hydrogens (tertiary/aromatic N) is 1. The molecule has 2 amide bonds. The Morgan fingerprint density at radius 2 is 2.11 bits per heavy atom. The van der Waals surface area contributed by atoms with Crippen molar-refractivity contribution in [3.05, 3.63) is 0 Å². The monoisotopic (exact) mass is 253 g/mol. The molecule has 0 aromatic heterocycles. The van der Waals surface area contributed by atoms with Crippen LogP contribution in [0.3, 0.4) is 0 Å². The molecule has 100 valence electrons. The van der Waals surface area contributed by atoms with E-state index in [1.807, 2.05) is 0 Å². The first kappa shape index (κ1) is 14.3. The SMILES string of the molecule is C#CCN(CC(=O)O)C(=O)NCCCNC1CC1. The first-order chi connectivity index (χ1) is 8.63. The average Bonchev–Trinajstić information content (AvgIpc) is 3.11. The highest BCUT2D eigenvalue weighted by Gasteiger charge is 2.19. The molecule has 6 heteroatoms. The summed E-state index contributed by atoms with van der Waals surface area (Å²) in [5.74, 6) is 1.19. The third-order valence-electron chi connectivity index (χ3n) is 2.54. The number of urea groups is 1. The maximum Gasteiger partial charge on any atom is 0.323 e. The second-order valence-corrected chi connectivity index (χ2v) is 4.27. The summed E-state index contributed by atoms with van der Waals surface area (Å²) in [5.41, 5.74) is 0. The Morgan fingerprint density at radius 3 is 2.67 bits per heavy atom. The first-order valence-electron chi connectivity index (χ1n) is 6.05. The van der Waals surface area contributed by atoms with Crippen molar-refractivity contribution in [2.75, 3.05) is 26.2 Å². The number of terminal acetylenes is 1. The number of hydrogen-bond donors (Lipinski definition) is 3. The number of carbonyl (C=O) groups excluding carboxylic acids is 1. The van der Waals surface area contributed by atoms with E-state index in [2.05, 4.69) is 16.6 Å². The van der Waals surface area contributed by atoms with E-state index in [4.69, 9.17) is 11.5 Å². The largest absolute Gasteiger partial charge is 0.480 e. The smallest absolute Gasteiger partial charge is 0.323 e. The van der Waals surface area contributed by atoms with Crippen molar-refractivity contribution in [1.82, 2.24) is 15.5 Å². The number of nitrogens with one attached hydrogen (secondary N) is 2. The van der Waals surface area contributed by atoms with Gasteiger partial charge >= 0.3 is 12.0 Å². The van der Waals surface area contributed by atoms with Crippen LogP contribution in [0.25, 0.3) is 0 Å². The first-order valence-corrected chi connectivity index (χ1v) is 6.05. The van der Waals surface area contributed by atoms with Gasteiger partial charge in [-0.25, -0.2) is 4.79 Å². The van der Waals surface area contributed by atoms with Crippen LogP contribution in [0.5, 0.6) is 0 Å². The van der Waals surface area contributed by atoms with Gasteiger partial charge in [-0.05, 0) is 25.8 Å². The molecule has 0 aliphatic heterocycles. The molecule has 1 fully saturated rings. The molecule has 0 unspecified atom stereocenters. The lowest BCUT2D eigenvalue weighted by Gasteiger charge is -2.18. The second-order valence-electron chi connectivity index (χ2n) is 4.27. The summed E-state index contributed by atoms with van der Waals surface area (Å²) < 4.78 is 0. The van der Waals surface area contributed by atoms with E-state index in [9.17, 15) is 9.59 Å². The van der Waals surface area contributed by atoms with E-state index in [1.54, 1.807) is 0 Å².